The molecular formula is C20H12Br4Na2O8. The maximum absolute atomic E-state index is 12.8. The summed E-state index contributed by atoms with van der Waals surface area (Å²) in [6, 6.07) is 9.76. The quantitative estimate of drug-likeness (QED) is 0.421. The maximum Gasteiger partial charge on any atom is 1.00 e. The maximum atomic E-state index is 12.8. The molecule has 0 aromatic heterocycles. The third-order valence-corrected chi connectivity index (χ3v) is 6.47. The van der Waals surface area contributed by atoms with Gasteiger partial charge in [0.2, 0.25) is 5.78 Å². The number of fused-ring (bicyclic) bond motifs is 1. The number of benzene rings is 2. The summed E-state index contributed by atoms with van der Waals surface area (Å²) in [4.78, 5) is 24.8. The van der Waals surface area contributed by atoms with Crippen molar-refractivity contribution in [3.8, 4) is 17.2 Å². The minimum Gasteiger partial charge on any atom is -1.00 e. The van der Waals surface area contributed by atoms with E-state index in [1.165, 1.54) is 12.1 Å². The fourth-order valence-electron chi connectivity index (χ4n) is 3.74. The number of carbonyl (C=O) groups excluding carboxylic acids is 1. The third-order valence-electron chi connectivity index (χ3n) is 5.03. The van der Waals surface area contributed by atoms with Gasteiger partial charge in [0.1, 0.15) is 11.5 Å². The van der Waals surface area contributed by atoms with Gasteiger partial charge in [-0.15, -0.1) is 0 Å². The summed E-state index contributed by atoms with van der Waals surface area (Å²) in [5, 5.41) is 9.83. The van der Waals surface area contributed by atoms with E-state index < -0.39 is 23.8 Å². The van der Waals surface area contributed by atoms with Crippen molar-refractivity contribution in [2.24, 2.45) is 0 Å². The van der Waals surface area contributed by atoms with E-state index in [0.717, 1.165) is 0 Å². The Bertz CT molecular complexity index is 1200. The fourth-order valence-corrected chi connectivity index (χ4v) is 4.76. The Morgan fingerprint density at radius 1 is 1.00 bits per heavy atom. The average molecular weight is 746 g/mol. The SMILES string of the molecule is O=C(O)c1ccccc1C1C2=C(Oc3c(OBr)cc(OBr)cc31)C(OBr)C(=O)C(OBr)=C2.[H-].[H-].[Na+].[Na+]. The molecule has 1 aliphatic carbocycles. The van der Waals surface area contributed by atoms with E-state index in [4.69, 9.17) is 20.1 Å². The summed E-state index contributed by atoms with van der Waals surface area (Å²) in [6.07, 6.45) is 0.294. The molecule has 14 heteroatoms. The van der Waals surface area contributed by atoms with Crippen LogP contribution < -0.4 is 71.5 Å². The predicted octanol–water partition coefficient (Wildman–Crippen LogP) is 0.262. The van der Waals surface area contributed by atoms with Crippen LogP contribution >= 0.6 is 65.0 Å². The summed E-state index contributed by atoms with van der Waals surface area (Å²) in [7, 11) is 0. The zero-order chi connectivity index (χ0) is 23.0. The zero-order valence-electron chi connectivity index (χ0n) is 19.5. The molecule has 0 saturated heterocycles. The van der Waals surface area contributed by atoms with Crippen LogP contribution in [-0.4, -0.2) is 23.0 Å². The molecule has 1 aliphatic heterocycles. The number of carboxylic acids is 1. The van der Waals surface area contributed by atoms with Crippen molar-refractivity contribution in [1.82, 2.24) is 0 Å². The van der Waals surface area contributed by atoms with Gasteiger partial charge >= 0.3 is 65.1 Å². The van der Waals surface area contributed by atoms with Crippen LogP contribution in [0.5, 0.6) is 17.2 Å². The van der Waals surface area contributed by atoms with Crippen LogP contribution in [-0.2, 0) is 12.5 Å². The number of ketones is 1. The molecule has 0 saturated carbocycles. The molecule has 2 aromatic rings. The van der Waals surface area contributed by atoms with E-state index in [2.05, 4.69) is 65.0 Å². The first-order valence-corrected chi connectivity index (χ1v) is 11.3. The molecule has 2 aromatic carbocycles. The minimum absolute atomic E-state index is 0. The van der Waals surface area contributed by atoms with E-state index in [-0.39, 0.29) is 90.5 Å². The van der Waals surface area contributed by atoms with Gasteiger partial charge in [-0.1, -0.05) is 18.2 Å². The van der Waals surface area contributed by atoms with Gasteiger partial charge in [-0.3, -0.25) is 8.62 Å². The van der Waals surface area contributed by atoms with Crippen LogP contribution in [0.25, 0.3) is 0 Å². The number of allylic oxidation sites excluding steroid dienone is 2. The topological polar surface area (TPSA) is 101 Å². The molecule has 4 rings (SSSR count). The van der Waals surface area contributed by atoms with E-state index in [0.29, 0.717) is 22.4 Å². The smallest absolute Gasteiger partial charge is 1.00 e. The van der Waals surface area contributed by atoms with Crippen molar-refractivity contribution >= 4 is 76.8 Å². The summed E-state index contributed by atoms with van der Waals surface area (Å²) in [6.45, 7) is 0. The molecule has 2 unspecified atom stereocenters. The second-order valence-electron chi connectivity index (χ2n) is 6.66. The summed E-state index contributed by atoms with van der Waals surface area (Å²) < 4.78 is 26.9. The van der Waals surface area contributed by atoms with Crippen LogP contribution in [0.4, 0.5) is 0 Å². The molecule has 8 nitrogen and oxygen atoms in total. The van der Waals surface area contributed by atoms with E-state index in [1.807, 2.05) is 0 Å². The van der Waals surface area contributed by atoms with Gasteiger partial charge in [-0.05, 0) is 23.8 Å². The Morgan fingerprint density at radius 2 is 1.71 bits per heavy atom. The molecule has 0 bridgehead atoms. The van der Waals surface area contributed by atoms with Crippen LogP contribution in [0.1, 0.15) is 30.3 Å². The Kier molecular flexibility index (Phi) is 11.7. The molecular weight excluding hydrogens is 734 g/mol. The largest absolute Gasteiger partial charge is 1.00 e. The minimum atomic E-state index is -1.19. The van der Waals surface area contributed by atoms with Crippen molar-refractivity contribution in [1.29, 1.82) is 0 Å². The van der Waals surface area contributed by atoms with Gasteiger partial charge in [0.25, 0.3) is 0 Å². The van der Waals surface area contributed by atoms with Crippen molar-refractivity contribution in [2.75, 3.05) is 0 Å². The van der Waals surface area contributed by atoms with Crippen molar-refractivity contribution < 1.29 is 96.7 Å². The van der Waals surface area contributed by atoms with Crippen molar-refractivity contribution in [3.63, 3.8) is 0 Å². The molecule has 170 valence electrons. The summed E-state index contributed by atoms with van der Waals surface area (Å²) in [5.41, 5.74) is 1.54. The van der Waals surface area contributed by atoms with Crippen LogP contribution in [0.15, 0.2) is 59.6 Å². The second kappa shape index (κ2) is 13.1. The number of halogens is 4. The van der Waals surface area contributed by atoms with Gasteiger partial charge in [-0.2, -0.15) is 0 Å². The van der Waals surface area contributed by atoms with Crippen LogP contribution in [0.3, 0.4) is 0 Å². The molecule has 0 fully saturated rings. The van der Waals surface area contributed by atoms with Gasteiger partial charge in [0.15, 0.2) is 72.1 Å². The first-order chi connectivity index (χ1) is 15.4. The number of aromatic carboxylic acids is 1. The molecule has 34 heavy (non-hydrogen) atoms. The Labute approximate surface area is 275 Å². The molecule has 1 N–H and O–H groups in total. The fraction of sp³-hybridized carbons (Fsp3) is 0.100. The van der Waals surface area contributed by atoms with E-state index in [1.54, 1.807) is 30.3 Å². The Morgan fingerprint density at radius 3 is 2.29 bits per heavy atom. The zero-order valence-corrected chi connectivity index (χ0v) is 27.9. The first kappa shape index (κ1) is 30.4. The Hall–Kier alpha value is 0.140. The summed E-state index contributed by atoms with van der Waals surface area (Å²) in [5.74, 6) is -1.30. The monoisotopic (exact) mass is 742 g/mol. The van der Waals surface area contributed by atoms with E-state index >= 15 is 0 Å². The average Bonchev–Trinajstić information content (AvgIpc) is 2.81. The molecule has 2 aliphatic rings. The van der Waals surface area contributed by atoms with Gasteiger partial charge in [-0.25, -0.2) is 4.79 Å². The van der Waals surface area contributed by atoms with Crippen molar-refractivity contribution in [2.45, 2.75) is 12.0 Å². The number of carbonyl (C=O) groups is 2. The number of hydrogen-bond donors (Lipinski definition) is 1. The second-order valence-corrected chi connectivity index (χ2v) is 8.01. The van der Waals surface area contributed by atoms with Crippen LogP contribution in [0.2, 0.25) is 0 Å². The molecule has 0 radical (unpaired) electrons. The third kappa shape index (κ3) is 5.52. The van der Waals surface area contributed by atoms with Gasteiger partial charge in [0, 0.05) is 23.1 Å². The standard InChI is InChI=1S/C20H10Br4O8.2Na.2H/c21-29-8-5-11-15(9-3-1-2-4-10(9)20(26)27)12-7-13(30-22)16(25)19(32-24)18(12)28-17(11)14(6-8)31-23;;;;/h1-7,15,19H,(H,26,27);;;;/q;2*+1;2*-1. The molecule has 1 heterocycles. The normalized spacial score (nSPS) is 18.2. The number of Topliss-reactive ketones (excluding diaryl/α,β-unsaturated/α-hetero) is 1. The number of carboxylic acid groups (broad SMARTS) is 1. The van der Waals surface area contributed by atoms with E-state index in [9.17, 15) is 14.7 Å². The number of hydrogen-bond acceptors (Lipinski definition) is 7. The summed E-state index contributed by atoms with van der Waals surface area (Å²) >= 11 is 11.6. The Balaban J connectivity index is 0.00000306. The van der Waals surface area contributed by atoms with Crippen LogP contribution in [0, 0.1) is 0 Å². The molecule has 2 atom stereocenters. The van der Waals surface area contributed by atoms with Gasteiger partial charge < -0.3 is 24.2 Å². The van der Waals surface area contributed by atoms with Crippen molar-refractivity contribution in [3.05, 3.63) is 76.3 Å². The predicted molar refractivity (Wildman–Crippen MR) is 128 cm³/mol. The number of rotatable bonds is 6. The first-order valence-electron chi connectivity index (χ1n) is 8.76. The number of ether oxygens (including phenoxy) is 1. The molecule has 0 amide bonds. The molecule has 0 spiro atoms. The van der Waals surface area contributed by atoms with Gasteiger partial charge in [0.05, 0.1) is 21.8 Å².